The minimum absolute atomic E-state index is 0.105. The van der Waals surface area contributed by atoms with Gasteiger partial charge in [-0.2, -0.15) is 8.42 Å². The van der Waals surface area contributed by atoms with Gasteiger partial charge in [-0.25, -0.2) is 4.79 Å². The van der Waals surface area contributed by atoms with Crippen molar-refractivity contribution in [1.29, 1.82) is 0 Å². The highest BCUT2D eigenvalue weighted by Gasteiger charge is 2.36. The van der Waals surface area contributed by atoms with E-state index in [9.17, 15) is 26.4 Å². The lowest BCUT2D eigenvalue weighted by molar-refractivity contribution is -0.140. The molecule has 0 saturated carbocycles. The molecular formula is C22H33F3O5S. The quantitative estimate of drug-likeness (QED) is 0.190. The van der Waals surface area contributed by atoms with Crippen LogP contribution in [0.5, 0.6) is 0 Å². The molecule has 1 atom stereocenters. The van der Waals surface area contributed by atoms with Gasteiger partial charge in [-0.05, 0) is 18.6 Å². The van der Waals surface area contributed by atoms with Crippen LogP contribution >= 0.6 is 0 Å². The second-order valence-corrected chi connectivity index (χ2v) is 8.76. The Morgan fingerprint density at radius 3 is 2.13 bits per heavy atom. The molecule has 0 aromatic carbocycles. The molecule has 1 aliphatic rings. The summed E-state index contributed by atoms with van der Waals surface area (Å²) in [5, 5.41) is 0. The van der Waals surface area contributed by atoms with E-state index < -0.39 is 54.4 Å². The van der Waals surface area contributed by atoms with Crippen LogP contribution in [0.2, 0.25) is 0 Å². The Labute approximate surface area is 184 Å². The second-order valence-electron chi connectivity index (χ2n) is 7.82. The summed E-state index contributed by atoms with van der Waals surface area (Å²) in [6.07, 6.45) is 11.1. The molecule has 31 heavy (non-hydrogen) atoms. The minimum atomic E-state index is -2.74. The number of rotatable bonds is 16. The van der Waals surface area contributed by atoms with Crippen molar-refractivity contribution in [3.05, 3.63) is 23.8 Å². The zero-order valence-electron chi connectivity index (χ0n) is 18.1. The van der Waals surface area contributed by atoms with E-state index in [-0.39, 0.29) is 17.0 Å². The van der Waals surface area contributed by atoms with Crippen LogP contribution in [0.25, 0.3) is 0 Å². The number of hydrogen-bond donors (Lipinski definition) is 0. The number of carbonyl (C=O) groups excluding carboxylic acids is 1. The highest BCUT2D eigenvalue weighted by Crippen LogP contribution is 2.24. The largest absolute Gasteiger partial charge is 0.462 e. The van der Waals surface area contributed by atoms with Gasteiger partial charge in [0.2, 0.25) is 10.3 Å². The molecule has 0 N–H and O–H groups in total. The predicted octanol–water partition coefficient (Wildman–Crippen LogP) is 4.50. The molecule has 0 amide bonds. The summed E-state index contributed by atoms with van der Waals surface area (Å²) in [5.41, 5.74) is -2.13. The van der Waals surface area contributed by atoms with Crippen molar-refractivity contribution in [1.82, 2.24) is 0 Å². The number of carbonyl (C=O) groups is 1. The fraction of sp³-hybridized carbons (Fsp3) is 0.727. The highest BCUT2D eigenvalue weighted by molar-refractivity contribution is 7.73. The van der Waals surface area contributed by atoms with Gasteiger partial charge in [0.25, 0.3) is 0 Å². The van der Waals surface area contributed by atoms with Crippen LogP contribution < -0.4 is 0 Å². The van der Waals surface area contributed by atoms with E-state index in [0.29, 0.717) is 6.42 Å². The van der Waals surface area contributed by atoms with Crippen molar-refractivity contribution in [2.75, 3.05) is 33.2 Å². The topological polar surface area (TPSA) is 69.7 Å². The number of hydrogen-bond acceptors (Lipinski definition) is 5. The minimum Gasteiger partial charge on any atom is -0.462 e. The summed E-state index contributed by atoms with van der Waals surface area (Å²) in [4.78, 5) is 12.2. The van der Waals surface area contributed by atoms with Crippen LogP contribution in [-0.4, -0.2) is 58.6 Å². The lowest BCUT2D eigenvalue weighted by Crippen LogP contribution is -2.40. The van der Waals surface area contributed by atoms with Gasteiger partial charge in [-0.15, -0.1) is 0 Å². The van der Waals surface area contributed by atoms with E-state index in [2.05, 4.69) is 6.92 Å². The van der Waals surface area contributed by atoms with E-state index >= 15 is 0 Å². The summed E-state index contributed by atoms with van der Waals surface area (Å²) in [6.45, 7) is -2.35. The number of ether oxygens (including phenoxy) is 2. The molecule has 0 bridgehead atoms. The molecule has 0 saturated heterocycles. The molecular weight excluding hydrogens is 433 g/mol. The van der Waals surface area contributed by atoms with Crippen molar-refractivity contribution < 1.29 is 35.9 Å². The van der Waals surface area contributed by atoms with Gasteiger partial charge in [0.1, 0.15) is 31.0 Å². The maximum atomic E-state index is 13.1. The molecule has 0 aliphatic heterocycles. The lowest BCUT2D eigenvalue weighted by atomic mass is 9.94. The summed E-state index contributed by atoms with van der Waals surface area (Å²) >= 11 is 0. The first-order valence-corrected chi connectivity index (χ1v) is 11.8. The monoisotopic (exact) mass is 466 g/mol. The van der Waals surface area contributed by atoms with Gasteiger partial charge in [0.15, 0.2) is 0 Å². The Bertz CT molecular complexity index is 726. The van der Waals surface area contributed by atoms with Gasteiger partial charge in [0.05, 0.1) is 24.2 Å². The summed E-state index contributed by atoms with van der Waals surface area (Å²) in [6, 6.07) is 0. The Balaban J connectivity index is 2.64. The standard InChI is InChI=1S/C22H33F3O5S/c1-2-3-4-5-6-7-8-9-13-29-21(26)18-11-10-12-19(31(27)28)20(18)30-17-22(14-23,15-24)16-25/h10-12,20H,2-9,13-17H2,1H3. The molecule has 0 radical (unpaired) electrons. The first-order valence-electron chi connectivity index (χ1n) is 10.8. The van der Waals surface area contributed by atoms with Crippen molar-refractivity contribution in [2.24, 2.45) is 5.41 Å². The average molecular weight is 467 g/mol. The Kier molecular flexibility index (Phi) is 13.5. The third-order valence-electron chi connectivity index (χ3n) is 5.14. The highest BCUT2D eigenvalue weighted by atomic mass is 32.2. The molecule has 0 aromatic rings. The Hall–Kier alpha value is -1.61. The van der Waals surface area contributed by atoms with E-state index in [1.165, 1.54) is 43.9 Å². The molecule has 0 aromatic heterocycles. The van der Waals surface area contributed by atoms with E-state index in [4.69, 9.17) is 9.47 Å². The maximum Gasteiger partial charge on any atom is 0.337 e. The number of alkyl halides is 3. The molecule has 1 aliphatic carbocycles. The molecule has 0 fully saturated rings. The lowest BCUT2D eigenvalue weighted by Gasteiger charge is -2.28. The van der Waals surface area contributed by atoms with Gasteiger partial charge >= 0.3 is 5.97 Å². The number of allylic oxidation sites excluding steroid dienone is 2. The average Bonchev–Trinajstić information content (AvgIpc) is 2.78. The second kappa shape index (κ2) is 15.2. The molecule has 1 unspecified atom stereocenters. The third kappa shape index (κ3) is 9.19. The van der Waals surface area contributed by atoms with Crippen molar-refractivity contribution >= 4 is 21.1 Å². The summed E-state index contributed by atoms with van der Waals surface area (Å²) in [7, 11) is -2.74. The van der Waals surface area contributed by atoms with Gasteiger partial charge in [-0.3, -0.25) is 13.2 Å². The van der Waals surface area contributed by atoms with Crippen molar-refractivity contribution in [2.45, 2.75) is 64.4 Å². The van der Waals surface area contributed by atoms with Crippen LogP contribution in [-0.2, 0) is 24.6 Å². The summed E-state index contributed by atoms with van der Waals surface area (Å²) < 4.78 is 73.0. The molecule has 5 nitrogen and oxygen atoms in total. The van der Waals surface area contributed by atoms with Crippen molar-refractivity contribution in [3.8, 4) is 0 Å². The molecule has 0 heterocycles. The van der Waals surface area contributed by atoms with E-state index in [1.54, 1.807) is 0 Å². The third-order valence-corrected chi connectivity index (χ3v) is 5.88. The Morgan fingerprint density at radius 2 is 1.58 bits per heavy atom. The van der Waals surface area contributed by atoms with Crippen LogP contribution in [0.15, 0.2) is 23.8 Å². The van der Waals surface area contributed by atoms with E-state index in [0.717, 1.165) is 19.3 Å². The zero-order valence-corrected chi connectivity index (χ0v) is 18.9. The first kappa shape index (κ1) is 27.4. The van der Waals surface area contributed by atoms with Crippen molar-refractivity contribution in [3.63, 3.8) is 0 Å². The fourth-order valence-electron chi connectivity index (χ4n) is 3.03. The number of esters is 1. The van der Waals surface area contributed by atoms with Gasteiger partial charge in [-0.1, -0.05) is 57.9 Å². The van der Waals surface area contributed by atoms with Crippen LogP contribution in [0.4, 0.5) is 13.2 Å². The first-order chi connectivity index (χ1) is 14.9. The number of unbranched alkanes of at least 4 members (excludes halogenated alkanes) is 7. The Morgan fingerprint density at radius 1 is 1.00 bits per heavy atom. The maximum absolute atomic E-state index is 13.1. The smallest absolute Gasteiger partial charge is 0.337 e. The SMILES string of the molecule is CCCCCCCCCCOC(=O)C1=CC=CC(=S(=O)=O)C1OCC(CF)(CF)CF. The van der Waals surface area contributed by atoms with E-state index in [1.807, 2.05) is 0 Å². The normalized spacial score (nSPS) is 16.3. The molecule has 1 rings (SSSR count). The summed E-state index contributed by atoms with van der Waals surface area (Å²) in [5.74, 6) is -0.772. The van der Waals surface area contributed by atoms with Crippen LogP contribution in [0.1, 0.15) is 58.3 Å². The van der Waals surface area contributed by atoms with Crippen LogP contribution in [0, 0.1) is 5.41 Å². The number of halogens is 3. The fourth-order valence-corrected chi connectivity index (χ4v) is 3.59. The molecule has 178 valence electrons. The zero-order chi connectivity index (χ0) is 23.1. The van der Waals surface area contributed by atoms with Gasteiger partial charge in [0, 0.05) is 0 Å². The van der Waals surface area contributed by atoms with Crippen LogP contribution in [0.3, 0.4) is 0 Å². The molecule has 9 heteroatoms. The molecule has 0 spiro atoms. The predicted molar refractivity (Wildman–Crippen MR) is 115 cm³/mol. The van der Waals surface area contributed by atoms with Gasteiger partial charge < -0.3 is 9.47 Å².